The molecule has 0 saturated heterocycles. The van der Waals surface area contributed by atoms with Crippen molar-refractivity contribution in [2.75, 3.05) is 4.72 Å². The molecule has 2 N–H and O–H groups in total. The largest absolute Gasteiger partial charge is 0.349 e. The number of halogens is 1. The quantitative estimate of drug-likeness (QED) is 0.836. The predicted octanol–water partition coefficient (Wildman–Crippen LogP) is 3.69. The molecule has 1 saturated carbocycles. The van der Waals surface area contributed by atoms with Crippen LogP contribution in [-0.2, 0) is 10.0 Å². The summed E-state index contributed by atoms with van der Waals surface area (Å²) in [6.07, 6.45) is 5.41. The van der Waals surface area contributed by atoms with E-state index in [1.165, 1.54) is 48.9 Å². The molecular weight excluding hydrogens is 355 g/mol. The van der Waals surface area contributed by atoms with Crippen molar-refractivity contribution in [3.63, 3.8) is 0 Å². The van der Waals surface area contributed by atoms with Gasteiger partial charge in [-0.3, -0.25) is 9.52 Å². The molecule has 0 spiro atoms. The molecule has 5 nitrogen and oxygen atoms in total. The number of sulfonamides is 1. The van der Waals surface area contributed by atoms with Gasteiger partial charge in [0.2, 0.25) is 0 Å². The van der Waals surface area contributed by atoms with E-state index < -0.39 is 15.8 Å². The lowest BCUT2D eigenvalue weighted by Crippen LogP contribution is -2.36. The highest BCUT2D eigenvalue weighted by Crippen LogP contribution is 2.19. The average Bonchev–Trinajstić information content (AvgIpc) is 2.62. The van der Waals surface area contributed by atoms with E-state index in [0.29, 0.717) is 5.56 Å². The van der Waals surface area contributed by atoms with Crippen LogP contribution in [0.15, 0.2) is 53.4 Å². The first kappa shape index (κ1) is 18.4. The Morgan fingerprint density at radius 3 is 2.35 bits per heavy atom. The van der Waals surface area contributed by atoms with Gasteiger partial charge in [-0.2, -0.15) is 0 Å². The van der Waals surface area contributed by atoms with Crippen LogP contribution in [0.25, 0.3) is 0 Å². The van der Waals surface area contributed by atoms with E-state index in [2.05, 4.69) is 10.0 Å². The van der Waals surface area contributed by atoms with Crippen LogP contribution in [-0.4, -0.2) is 20.4 Å². The second-order valence-electron chi connectivity index (χ2n) is 6.45. The Bertz CT molecular complexity index is 876. The van der Waals surface area contributed by atoms with E-state index in [-0.39, 0.29) is 22.5 Å². The van der Waals surface area contributed by atoms with Crippen molar-refractivity contribution in [1.82, 2.24) is 5.32 Å². The maximum Gasteiger partial charge on any atom is 0.261 e. The molecule has 7 heteroatoms. The van der Waals surface area contributed by atoms with Gasteiger partial charge in [-0.1, -0.05) is 25.3 Å². The zero-order valence-corrected chi connectivity index (χ0v) is 15.1. The minimum Gasteiger partial charge on any atom is -0.349 e. The summed E-state index contributed by atoms with van der Waals surface area (Å²) in [4.78, 5) is 12.3. The van der Waals surface area contributed by atoms with Crippen LogP contribution in [0.1, 0.15) is 42.5 Å². The molecule has 2 aromatic rings. The number of hydrogen-bond donors (Lipinski definition) is 2. The van der Waals surface area contributed by atoms with Crippen molar-refractivity contribution in [2.45, 2.75) is 43.0 Å². The summed E-state index contributed by atoms with van der Waals surface area (Å²) in [7, 11) is -3.85. The Balaban J connectivity index is 1.68. The van der Waals surface area contributed by atoms with Crippen molar-refractivity contribution >= 4 is 21.6 Å². The first-order valence-corrected chi connectivity index (χ1v) is 10.1. The summed E-state index contributed by atoms with van der Waals surface area (Å²) in [5.74, 6) is -0.723. The Kier molecular flexibility index (Phi) is 5.56. The first-order valence-electron chi connectivity index (χ1n) is 8.63. The van der Waals surface area contributed by atoms with Gasteiger partial charge in [0, 0.05) is 11.6 Å². The van der Waals surface area contributed by atoms with Crippen molar-refractivity contribution in [3.05, 3.63) is 59.9 Å². The molecular formula is C19H21FN2O3S. The van der Waals surface area contributed by atoms with Crippen molar-refractivity contribution in [3.8, 4) is 0 Å². The first-order chi connectivity index (χ1) is 12.4. The lowest BCUT2D eigenvalue weighted by atomic mass is 9.95. The SMILES string of the molecule is O=C(NC1CCCCC1)c1ccc(S(=O)(=O)Nc2cccc(F)c2)cc1. The molecule has 3 rings (SSSR count). The third-order valence-corrected chi connectivity index (χ3v) is 5.84. The predicted molar refractivity (Wildman–Crippen MR) is 98.0 cm³/mol. The summed E-state index contributed by atoms with van der Waals surface area (Å²) < 4.78 is 40.3. The highest BCUT2D eigenvalue weighted by molar-refractivity contribution is 7.92. The Morgan fingerprint density at radius 1 is 1.00 bits per heavy atom. The van der Waals surface area contributed by atoms with Crippen LogP contribution >= 0.6 is 0 Å². The summed E-state index contributed by atoms with van der Waals surface area (Å²) in [6.45, 7) is 0. The molecule has 0 bridgehead atoms. The molecule has 0 unspecified atom stereocenters. The van der Waals surface area contributed by atoms with Gasteiger partial charge in [-0.15, -0.1) is 0 Å². The van der Waals surface area contributed by atoms with Gasteiger partial charge in [0.05, 0.1) is 10.6 Å². The molecule has 0 atom stereocenters. The second-order valence-corrected chi connectivity index (χ2v) is 8.13. The summed E-state index contributed by atoms with van der Waals surface area (Å²) in [6, 6.07) is 11.1. The average molecular weight is 376 g/mol. The molecule has 1 aliphatic carbocycles. The summed E-state index contributed by atoms with van der Waals surface area (Å²) >= 11 is 0. The van der Waals surface area contributed by atoms with Crippen LogP contribution in [0, 0.1) is 5.82 Å². The van der Waals surface area contributed by atoms with Gasteiger partial charge in [-0.05, 0) is 55.3 Å². The van der Waals surface area contributed by atoms with Crippen LogP contribution in [0.2, 0.25) is 0 Å². The third-order valence-electron chi connectivity index (χ3n) is 4.44. The number of benzene rings is 2. The maximum absolute atomic E-state index is 13.2. The van der Waals surface area contributed by atoms with E-state index in [1.54, 1.807) is 0 Å². The van der Waals surface area contributed by atoms with Gasteiger partial charge in [0.25, 0.3) is 15.9 Å². The fourth-order valence-electron chi connectivity index (χ4n) is 3.07. The molecule has 1 amide bonds. The van der Waals surface area contributed by atoms with Crippen LogP contribution < -0.4 is 10.0 Å². The smallest absolute Gasteiger partial charge is 0.261 e. The zero-order valence-electron chi connectivity index (χ0n) is 14.2. The molecule has 1 fully saturated rings. The molecule has 26 heavy (non-hydrogen) atoms. The fourth-order valence-corrected chi connectivity index (χ4v) is 4.12. The van der Waals surface area contributed by atoms with Crippen molar-refractivity contribution in [1.29, 1.82) is 0 Å². The third kappa shape index (κ3) is 4.60. The standard InChI is InChI=1S/C19H21FN2O3S/c20-15-5-4-8-17(13-15)22-26(24,25)18-11-9-14(10-12-18)19(23)21-16-6-2-1-3-7-16/h4-5,8-13,16,22H,1-3,6-7H2,(H,21,23). The van der Waals surface area contributed by atoms with Gasteiger partial charge >= 0.3 is 0 Å². The van der Waals surface area contributed by atoms with E-state index in [0.717, 1.165) is 31.7 Å². The van der Waals surface area contributed by atoms with Crippen molar-refractivity contribution in [2.24, 2.45) is 0 Å². The maximum atomic E-state index is 13.2. The van der Waals surface area contributed by atoms with Gasteiger partial charge in [0.1, 0.15) is 5.82 Å². The van der Waals surface area contributed by atoms with Crippen molar-refractivity contribution < 1.29 is 17.6 Å². The number of carbonyl (C=O) groups excluding carboxylic acids is 1. The van der Waals surface area contributed by atoms with Gasteiger partial charge in [-0.25, -0.2) is 12.8 Å². The Morgan fingerprint density at radius 2 is 1.69 bits per heavy atom. The van der Waals surface area contributed by atoms with Crippen LogP contribution in [0.4, 0.5) is 10.1 Å². The number of amides is 1. The lowest BCUT2D eigenvalue weighted by Gasteiger charge is -2.22. The van der Waals surface area contributed by atoms with Crippen LogP contribution in [0.5, 0.6) is 0 Å². The lowest BCUT2D eigenvalue weighted by molar-refractivity contribution is 0.0927. The molecule has 2 aromatic carbocycles. The number of hydrogen-bond acceptors (Lipinski definition) is 3. The molecule has 0 aliphatic heterocycles. The summed E-state index contributed by atoms with van der Waals surface area (Å²) in [5, 5.41) is 2.99. The molecule has 0 aromatic heterocycles. The fraction of sp³-hybridized carbons (Fsp3) is 0.316. The van der Waals surface area contributed by atoms with E-state index in [9.17, 15) is 17.6 Å². The van der Waals surface area contributed by atoms with Gasteiger partial charge in [0.15, 0.2) is 0 Å². The highest BCUT2D eigenvalue weighted by Gasteiger charge is 2.18. The number of carbonyl (C=O) groups is 1. The van der Waals surface area contributed by atoms with Gasteiger partial charge < -0.3 is 5.32 Å². The second kappa shape index (κ2) is 7.86. The molecule has 0 heterocycles. The zero-order chi connectivity index (χ0) is 18.6. The Hall–Kier alpha value is -2.41. The normalized spacial score (nSPS) is 15.4. The van der Waals surface area contributed by atoms with E-state index in [1.807, 2.05) is 0 Å². The topological polar surface area (TPSA) is 75.3 Å². The molecule has 1 aliphatic rings. The summed E-state index contributed by atoms with van der Waals surface area (Å²) in [5.41, 5.74) is 0.560. The number of rotatable bonds is 5. The molecule has 138 valence electrons. The van der Waals surface area contributed by atoms with E-state index >= 15 is 0 Å². The molecule has 0 radical (unpaired) electrons. The number of anilines is 1. The monoisotopic (exact) mass is 376 g/mol. The van der Waals surface area contributed by atoms with E-state index in [4.69, 9.17) is 0 Å². The Labute approximate surface area is 152 Å². The minimum atomic E-state index is -3.85. The van der Waals surface area contributed by atoms with Crippen LogP contribution in [0.3, 0.4) is 0 Å². The minimum absolute atomic E-state index is 0.0102. The number of nitrogens with one attached hydrogen (secondary N) is 2. The highest BCUT2D eigenvalue weighted by atomic mass is 32.2.